The zero-order valence-corrected chi connectivity index (χ0v) is 26.1. The average molecular weight is 556 g/mol. The van der Waals surface area contributed by atoms with E-state index in [0.29, 0.717) is 13.2 Å². The van der Waals surface area contributed by atoms with Gasteiger partial charge in [-0.3, -0.25) is 14.6 Å². The molecule has 0 aromatic carbocycles. The van der Waals surface area contributed by atoms with Gasteiger partial charge in [0.1, 0.15) is 0 Å². The minimum absolute atomic E-state index is 0.0469. The molecule has 39 heavy (non-hydrogen) atoms. The van der Waals surface area contributed by atoms with Crippen LogP contribution < -0.4 is 11.1 Å². The zero-order valence-electron chi connectivity index (χ0n) is 26.1. The van der Waals surface area contributed by atoms with Crippen molar-refractivity contribution in [2.24, 2.45) is 11.7 Å². The molecule has 0 amide bonds. The molecule has 0 spiro atoms. The lowest BCUT2D eigenvalue weighted by Crippen LogP contribution is -2.50. The molecule has 0 aliphatic carbocycles. The summed E-state index contributed by atoms with van der Waals surface area (Å²) < 4.78 is 11.0. The van der Waals surface area contributed by atoms with Crippen LogP contribution in [0.3, 0.4) is 0 Å². The first-order valence-electron chi connectivity index (χ1n) is 16.4. The molecule has 0 bridgehead atoms. The number of piperazine rings is 1. The standard InChI is InChI=1S/C31H65N5O3/c1-4-6-8-9-15-30(14-7-5-2)31(37)39-29-13-11-20-34(19-10-12-28-38-3)22-25-36-26-23-35(24-27-36)21-18-33-17-16-32/h30,33H,4-29,32H2,1-3H3. The molecule has 1 aliphatic heterocycles. The van der Waals surface area contributed by atoms with Crippen LogP contribution in [0.15, 0.2) is 0 Å². The lowest BCUT2D eigenvalue weighted by atomic mass is 9.95. The average Bonchev–Trinajstić information content (AvgIpc) is 2.95. The Bertz CT molecular complexity index is 546. The van der Waals surface area contributed by atoms with Gasteiger partial charge in [-0.15, -0.1) is 0 Å². The van der Waals surface area contributed by atoms with Crippen LogP contribution in [0, 0.1) is 5.92 Å². The quantitative estimate of drug-likeness (QED) is 0.116. The molecule has 232 valence electrons. The van der Waals surface area contributed by atoms with Crippen molar-refractivity contribution in [3.63, 3.8) is 0 Å². The van der Waals surface area contributed by atoms with Gasteiger partial charge in [0.05, 0.1) is 12.5 Å². The van der Waals surface area contributed by atoms with Gasteiger partial charge in [0, 0.05) is 79.2 Å². The van der Waals surface area contributed by atoms with E-state index in [2.05, 4.69) is 33.9 Å². The molecule has 1 saturated heterocycles. The van der Waals surface area contributed by atoms with Crippen molar-refractivity contribution >= 4 is 5.97 Å². The Labute approximate surface area is 241 Å². The van der Waals surface area contributed by atoms with E-state index < -0.39 is 0 Å². The topological polar surface area (TPSA) is 83.3 Å². The first kappa shape index (κ1) is 36.3. The summed E-state index contributed by atoms with van der Waals surface area (Å²) in [5.41, 5.74) is 5.56. The summed E-state index contributed by atoms with van der Waals surface area (Å²) in [6, 6.07) is 0. The lowest BCUT2D eigenvalue weighted by Gasteiger charge is -2.36. The van der Waals surface area contributed by atoms with Gasteiger partial charge in [0.2, 0.25) is 0 Å². The molecule has 0 saturated carbocycles. The number of rotatable bonds is 27. The summed E-state index contributed by atoms with van der Waals surface area (Å²) in [4.78, 5) is 20.5. The van der Waals surface area contributed by atoms with Crippen LogP contribution in [0.5, 0.6) is 0 Å². The summed E-state index contributed by atoms with van der Waals surface area (Å²) in [5, 5.41) is 3.40. The Hall–Kier alpha value is -0.770. The van der Waals surface area contributed by atoms with E-state index in [-0.39, 0.29) is 11.9 Å². The predicted molar refractivity (Wildman–Crippen MR) is 164 cm³/mol. The van der Waals surface area contributed by atoms with Crippen molar-refractivity contribution in [3.05, 3.63) is 0 Å². The molecular weight excluding hydrogens is 490 g/mol. The Morgan fingerprint density at radius 2 is 1.44 bits per heavy atom. The molecule has 8 nitrogen and oxygen atoms in total. The second kappa shape index (κ2) is 26.1. The fourth-order valence-corrected chi connectivity index (χ4v) is 5.28. The van der Waals surface area contributed by atoms with E-state index in [1.54, 1.807) is 7.11 Å². The first-order valence-corrected chi connectivity index (χ1v) is 16.4. The van der Waals surface area contributed by atoms with Gasteiger partial charge in [-0.1, -0.05) is 52.4 Å². The molecule has 1 heterocycles. The fourth-order valence-electron chi connectivity index (χ4n) is 5.28. The van der Waals surface area contributed by atoms with Crippen LogP contribution in [0.4, 0.5) is 0 Å². The zero-order chi connectivity index (χ0) is 28.4. The van der Waals surface area contributed by atoms with E-state index in [0.717, 1.165) is 130 Å². The Balaban J connectivity index is 2.32. The van der Waals surface area contributed by atoms with Gasteiger partial charge in [-0.2, -0.15) is 0 Å². The summed E-state index contributed by atoms with van der Waals surface area (Å²) in [6.45, 7) is 18.6. The minimum atomic E-state index is 0.0469. The van der Waals surface area contributed by atoms with Gasteiger partial charge in [-0.25, -0.2) is 0 Å². The number of nitrogens with one attached hydrogen (secondary N) is 1. The number of carbonyl (C=O) groups excluding carboxylic acids is 1. The van der Waals surface area contributed by atoms with Gasteiger partial charge in [0.15, 0.2) is 0 Å². The maximum absolute atomic E-state index is 12.7. The molecule has 0 aromatic heterocycles. The molecule has 0 aromatic rings. The molecule has 3 N–H and O–H groups in total. The number of ether oxygens (including phenoxy) is 2. The third-order valence-electron chi connectivity index (χ3n) is 7.95. The normalized spacial score (nSPS) is 15.7. The van der Waals surface area contributed by atoms with Crippen LogP contribution in [-0.2, 0) is 14.3 Å². The van der Waals surface area contributed by atoms with Crippen molar-refractivity contribution in [1.29, 1.82) is 0 Å². The lowest BCUT2D eigenvalue weighted by molar-refractivity contribution is -0.149. The highest BCUT2D eigenvalue weighted by molar-refractivity contribution is 5.72. The highest BCUT2D eigenvalue weighted by atomic mass is 16.5. The molecular formula is C31H65N5O3. The summed E-state index contributed by atoms with van der Waals surface area (Å²) in [6.07, 6.45) is 13.4. The second-order valence-electron chi connectivity index (χ2n) is 11.3. The Morgan fingerprint density at radius 1 is 0.795 bits per heavy atom. The van der Waals surface area contributed by atoms with Gasteiger partial charge in [0.25, 0.3) is 0 Å². The van der Waals surface area contributed by atoms with Crippen molar-refractivity contribution in [3.8, 4) is 0 Å². The maximum Gasteiger partial charge on any atom is 0.308 e. The largest absolute Gasteiger partial charge is 0.465 e. The third-order valence-corrected chi connectivity index (χ3v) is 7.95. The summed E-state index contributed by atoms with van der Waals surface area (Å²) in [7, 11) is 1.78. The number of unbranched alkanes of at least 4 members (excludes halogenated alkanes) is 6. The van der Waals surface area contributed by atoms with Crippen LogP contribution >= 0.6 is 0 Å². The Morgan fingerprint density at radius 3 is 2.08 bits per heavy atom. The van der Waals surface area contributed by atoms with Crippen LogP contribution in [0.2, 0.25) is 0 Å². The molecule has 1 unspecified atom stereocenters. The first-order chi connectivity index (χ1) is 19.1. The highest BCUT2D eigenvalue weighted by Crippen LogP contribution is 2.19. The van der Waals surface area contributed by atoms with E-state index in [1.165, 1.54) is 25.7 Å². The fraction of sp³-hybridized carbons (Fsp3) is 0.968. The minimum Gasteiger partial charge on any atom is -0.465 e. The van der Waals surface area contributed by atoms with E-state index >= 15 is 0 Å². The van der Waals surface area contributed by atoms with E-state index in [1.807, 2.05) is 0 Å². The molecule has 8 heteroatoms. The molecule has 1 atom stereocenters. The molecule has 1 rings (SSSR count). The van der Waals surface area contributed by atoms with E-state index in [9.17, 15) is 4.79 Å². The monoisotopic (exact) mass is 556 g/mol. The van der Waals surface area contributed by atoms with E-state index in [4.69, 9.17) is 15.2 Å². The van der Waals surface area contributed by atoms with Crippen LogP contribution in [0.1, 0.15) is 90.9 Å². The van der Waals surface area contributed by atoms with Gasteiger partial charge < -0.3 is 25.4 Å². The van der Waals surface area contributed by atoms with Crippen LogP contribution in [-0.4, -0.2) is 120 Å². The Kier molecular flexibility index (Phi) is 24.3. The number of nitrogens with two attached hydrogens (primary N) is 1. The highest BCUT2D eigenvalue weighted by Gasteiger charge is 2.19. The van der Waals surface area contributed by atoms with Crippen molar-refractivity contribution in [2.75, 3.05) is 98.9 Å². The number of carbonyl (C=O) groups is 1. The number of hydrogen-bond acceptors (Lipinski definition) is 8. The number of esters is 1. The molecule has 1 fully saturated rings. The molecule has 0 radical (unpaired) electrons. The predicted octanol–water partition coefficient (Wildman–Crippen LogP) is 3.98. The van der Waals surface area contributed by atoms with Crippen LogP contribution in [0.25, 0.3) is 0 Å². The number of hydrogen-bond donors (Lipinski definition) is 2. The number of methoxy groups -OCH3 is 1. The SMILES string of the molecule is CCCCCCC(CCCC)C(=O)OCCCCN(CCCCOC)CCN1CCN(CCNCCN)CC1. The van der Waals surface area contributed by atoms with Crippen molar-refractivity contribution in [2.45, 2.75) is 90.9 Å². The number of nitrogens with zero attached hydrogens (tertiary/aromatic N) is 3. The molecule has 1 aliphatic rings. The summed E-state index contributed by atoms with van der Waals surface area (Å²) in [5.74, 6) is 0.146. The van der Waals surface area contributed by atoms with Crippen molar-refractivity contribution < 1.29 is 14.3 Å². The van der Waals surface area contributed by atoms with Gasteiger partial charge in [-0.05, 0) is 51.6 Å². The third kappa shape index (κ3) is 19.9. The van der Waals surface area contributed by atoms with Crippen molar-refractivity contribution in [1.82, 2.24) is 20.0 Å². The smallest absolute Gasteiger partial charge is 0.308 e. The summed E-state index contributed by atoms with van der Waals surface area (Å²) >= 11 is 0. The second-order valence-corrected chi connectivity index (χ2v) is 11.3. The van der Waals surface area contributed by atoms with Gasteiger partial charge >= 0.3 is 5.97 Å². The maximum atomic E-state index is 12.7.